The van der Waals surface area contributed by atoms with Crippen LogP contribution in [0.15, 0.2) is 27.8 Å². The third-order valence-corrected chi connectivity index (χ3v) is 11.1. The third-order valence-electron chi connectivity index (χ3n) is 3.00. The van der Waals surface area contributed by atoms with Crippen molar-refractivity contribution in [1.29, 1.82) is 0 Å². The average molecular weight is 485 g/mol. The predicted octanol–water partition coefficient (Wildman–Crippen LogP) is 1.58. The molecule has 0 aromatic heterocycles. The van der Waals surface area contributed by atoms with E-state index in [9.17, 15) is 9.90 Å². The van der Waals surface area contributed by atoms with Crippen LogP contribution in [-0.2, 0) is 11.2 Å². The number of amides is 1. The van der Waals surface area contributed by atoms with Gasteiger partial charge in [0, 0.05) is 0 Å². The molecule has 2 rings (SSSR count). The number of rotatable bonds is 4. The fourth-order valence-corrected chi connectivity index (χ4v) is 9.58. The van der Waals surface area contributed by atoms with Gasteiger partial charge in [0.1, 0.15) is 0 Å². The molecule has 1 unspecified atom stereocenters. The maximum absolute atomic E-state index is 12.1. The second kappa shape index (κ2) is 8.20. The molecule has 0 aliphatic carbocycles. The van der Waals surface area contributed by atoms with Gasteiger partial charge in [-0.1, -0.05) is 0 Å². The Balaban J connectivity index is 1.98. The summed E-state index contributed by atoms with van der Waals surface area (Å²) in [5.74, 6) is -0.172. The van der Waals surface area contributed by atoms with Gasteiger partial charge < -0.3 is 0 Å². The van der Waals surface area contributed by atoms with E-state index in [0.717, 1.165) is 30.4 Å². The molecule has 0 saturated carbocycles. The zero-order chi connectivity index (χ0) is 15.2. The number of hydrogen-bond donors (Lipinski definition) is 3. The Labute approximate surface area is 142 Å². The van der Waals surface area contributed by atoms with Crippen LogP contribution in [0.25, 0.3) is 0 Å². The standard InChI is InChI=1S/C13H15BrN2O3Se2/c14-10-5-8(1-2-12(10)17)6-11(16-19)13(18)15-9-3-4-20-21-7-9/h1-2,5,9,17,19H,3-4,6-7H2,(H,15,18)/b16-11+. The molecule has 1 saturated heterocycles. The number of oxime groups is 1. The molecule has 1 aromatic rings. The third kappa shape index (κ3) is 5.01. The van der Waals surface area contributed by atoms with Gasteiger partial charge in [-0.3, -0.25) is 0 Å². The number of phenols is 1. The summed E-state index contributed by atoms with van der Waals surface area (Å²) in [6, 6.07) is 5.17. The normalized spacial score (nSPS) is 19.3. The Bertz CT molecular complexity index is 548. The van der Waals surface area contributed by atoms with Gasteiger partial charge in [0.2, 0.25) is 0 Å². The van der Waals surface area contributed by atoms with E-state index in [1.165, 1.54) is 11.4 Å². The van der Waals surface area contributed by atoms with E-state index in [1.807, 2.05) is 0 Å². The topological polar surface area (TPSA) is 81.9 Å². The Morgan fingerprint density at radius 3 is 2.90 bits per heavy atom. The minimum absolute atomic E-state index is 0.0937. The molecule has 0 spiro atoms. The van der Waals surface area contributed by atoms with E-state index < -0.39 is 0 Å². The van der Waals surface area contributed by atoms with Crippen LogP contribution in [0.1, 0.15) is 12.0 Å². The summed E-state index contributed by atoms with van der Waals surface area (Å²) in [6.45, 7) is 0. The number of benzene rings is 1. The first-order valence-electron chi connectivity index (χ1n) is 6.33. The van der Waals surface area contributed by atoms with Crippen molar-refractivity contribution in [3.8, 4) is 5.75 Å². The number of nitrogens with one attached hydrogen (secondary N) is 1. The summed E-state index contributed by atoms with van der Waals surface area (Å²) in [7, 11) is 0. The number of carbonyl (C=O) groups is 1. The second-order valence-electron chi connectivity index (χ2n) is 4.57. The van der Waals surface area contributed by atoms with Crippen molar-refractivity contribution in [3.05, 3.63) is 28.2 Å². The fourth-order valence-electron chi connectivity index (χ4n) is 1.86. The summed E-state index contributed by atoms with van der Waals surface area (Å²) in [5, 5.41) is 26.9. The Kier molecular flexibility index (Phi) is 6.58. The quantitative estimate of drug-likeness (QED) is 0.262. The summed E-state index contributed by atoms with van der Waals surface area (Å²) >= 11 is 4.67. The van der Waals surface area contributed by atoms with Crippen LogP contribution in [0.2, 0.25) is 10.6 Å². The molecular formula is C13H15BrN2O3Se2. The zero-order valence-electron chi connectivity index (χ0n) is 11.1. The van der Waals surface area contributed by atoms with Gasteiger partial charge >= 0.3 is 143 Å². The van der Waals surface area contributed by atoms with E-state index in [2.05, 4.69) is 26.4 Å². The Hall–Kier alpha value is -0.521. The Morgan fingerprint density at radius 1 is 1.48 bits per heavy atom. The molecule has 0 radical (unpaired) electrons. The molecule has 8 heteroatoms. The SMILES string of the molecule is O=C(NC1CC[Se][Se]C1)/C(Cc1ccc(O)c(Br)c1)=N/O. The van der Waals surface area contributed by atoms with Crippen LogP contribution in [0, 0.1) is 0 Å². The van der Waals surface area contributed by atoms with Crippen LogP contribution in [0.3, 0.4) is 0 Å². The molecule has 1 aliphatic rings. The molecule has 1 amide bonds. The predicted molar refractivity (Wildman–Crippen MR) is 86.4 cm³/mol. The molecule has 0 bridgehead atoms. The fraction of sp³-hybridized carbons (Fsp3) is 0.385. The number of carbonyl (C=O) groups excluding carboxylic acids is 1. The number of hydrogen-bond acceptors (Lipinski definition) is 4. The number of aromatic hydroxyl groups is 1. The van der Waals surface area contributed by atoms with Gasteiger partial charge in [0.25, 0.3) is 0 Å². The van der Waals surface area contributed by atoms with Crippen molar-refractivity contribution in [2.75, 3.05) is 0 Å². The van der Waals surface area contributed by atoms with Gasteiger partial charge in [-0.25, -0.2) is 0 Å². The summed E-state index contributed by atoms with van der Waals surface area (Å²) in [5.41, 5.74) is 0.884. The summed E-state index contributed by atoms with van der Waals surface area (Å²) < 4.78 is 0.551. The molecule has 114 valence electrons. The van der Waals surface area contributed by atoms with E-state index >= 15 is 0 Å². The van der Waals surface area contributed by atoms with Crippen molar-refractivity contribution in [2.45, 2.75) is 29.5 Å². The summed E-state index contributed by atoms with van der Waals surface area (Å²) in [4.78, 5) is 12.1. The molecule has 21 heavy (non-hydrogen) atoms. The van der Waals surface area contributed by atoms with Crippen LogP contribution in [-0.4, -0.2) is 54.2 Å². The minimum atomic E-state index is -0.308. The Morgan fingerprint density at radius 2 is 2.29 bits per heavy atom. The first kappa shape index (κ1) is 16.8. The van der Waals surface area contributed by atoms with E-state index in [0.29, 0.717) is 17.6 Å². The second-order valence-corrected chi connectivity index (χ2v) is 13.1. The van der Waals surface area contributed by atoms with E-state index in [-0.39, 0.29) is 29.8 Å². The van der Waals surface area contributed by atoms with Crippen LogP contribution < -0.4 is 5.32 Å². The summed E-state index contributed by atoms with van der Waals surface area (Å²) in [6.07, 6.45) is 1.25. The van der Waals surface area contributed by atoms with Crippen molar-refractivity contribution in [2.24, 2.45) is 5.16 Å². The van der Waals surface area contributed by atoms with Gasteiger partial charge in [-0.2, -0.15) is 0 Å². The van der Waals surface area contributed by atoms with Crippen LogP contribution in [0.4, 0.5) is 0 Å². The van der Waals surface area contributed by atoms with Crippen molar-refractivity contribution in [1.82, 2.24) is 5.32 Å². The molecule has 1 aromatic carbocycles. The van der Waals surface area contributed by atoms with Crippen LogP contribution >= 0.6 is 15.9 Å². The first-order chi connectivity index (χ1) is 10.1. The number of phenolic OH excluding ortho intramolecular Hbond substituents is 1. The van der Waals surface area contributed by atoms with E-state index in [1.54, 1.807) is 12.1 Å². The monoisotopic (exact) mass is 486 g/mol. The molecule has 3 N–H and O–H groups in total. The zero-order valence-corrected chi connectivity index (χ0v) is 16.1. The number of halogens is 1. The average Bonchev–Trinajstić information content (AvgIpc) is 2.49. The van der Waals surface area contributed by atoms with Crippen molar-refractivity contribution >= 4 is 53.8 Å². The number of nitrogens with zero attached hydrogens (tertiary/aromatic N) is 1. The molecule has 1 aliphatic heterocycles. The molecule has 1 fully saturated rings. The van der Waals surface area contributed by atoms with Crippen LogP contribution in [0.5, 0.6) is 5.75 Å². The van der Waals surface area contributed by atoms with Gasteiger partial charge in [0.05, 0.1) is 0 Å². The van der Waals surface area contributed by atoms with Gasteiger partial charge in [0.15, 0.2) is 0 Å². The molecule has 1 heterocycles. The maximum atomic E-state index is 12.1. The van der Waals surface area contributed by atoms with Gasteiger partial charge in [-0.05, 0) is 0 Å². The van der Waals surface area contributed by atoms with Crippen molar-refractivity contribution < 1.29 is 15.1 Å². The molecule has 1 atom stereocenters. The van der Waals surface area contributed by atoms with Gasteiger partial charge in [-0.15, -0.1) is 0 Å². The first-order valence-corrected chi connectivity index (χ1v) is 13.9. The molecule has 5 nitrogen and oxygen atoms in total. The van der Waals surface area contributed by atoms with E-state index in [4.69, 9.17) is 5.21 Å². The molecular weight excluding hydrogens is 470 g/mol. The van der Waals surface area contributed by atoms with Crippen molar-refractivity contribution in [3.63, 3.8) is 0 Å².